The number of anilines is 1. The molecule has 2 aliphatic heterocycles. The van der Waals surface area contributed by atoms with E-state index >= 15 is 0 Å². The molecule has 0 aliphatic carbocycles. The van der Waals surface area contributed by atoms with Crippen LogP contribution in [0.3, 0.4) is 0 Å². The molecule has 0 radical (unpaired) electrons. The number of nitrogens with one attached hydrogen (secondary N) is 1. The average molecular weight is 421 g/mol. The highest BCUT2D eigenvalue weighted by molar-refractivity contribution is 6.04. The molecule has 5 heterocycles. The highest BCUT2D eigenvalue weighted by Crippen LogP contribution is 2.37. The van der Waals surface area contributed by atoms with Crippen molar-refractivity contribution < 1.29 is 14.7 Å². The molecule has 2 aliphatic rings. The van der Waals surface area contributed by atoms with Crippen LogP contribution in [0, 0.1) is 0 Å². The molecular weight excluding hydrogens is 398 g/mol. The number of piperidine rings is 1. The van der Waals surface area contributed by atoms with Crippen LogP contribution in [-0.2, 0) is 11.3 Å². The predicted octanol–water partition coefficient (Wildman–Crippen LogP) is 1.37. The Kier molecular flexibility index (Phi) is 4.78. The number of pyridine rings is 2. The van der Waals surface area contributed by atoms with Crippen LogP contribution in [0.4, 0.5) is 10.5 Å². The van der Waals surface area contributed by atoms with Crippen LogP contribution >= 0.6 is 0 Å². The quantitative estimate of drug-likeness (QED) is 0.660. The number of H-pyrrole nitrogens is 1. The smallest absolute Gasteiger partial charge is 0.324 e. The molecule has 3 aromatic heterocycles. The van der Waals surface area contributed by atoms with Crippen molar-refractivity contribution in [2.45, 2.75) is 25.4 Å². The lowest BCUT2D eigenvalue weighted by molar-refractivity contribution is -0.135. The number of carbonyl (C=O) groups excluding carboxylic acids is 2. The molecule has 3 amide bonds. The molecule has 0 atom stereocenters. The molecule has 31 heavy (non-hydrogen) atoms. The largest absolute Gasteiger partial charge is 0.387 e. The number of likely N-dealkylation sites (tertiary alicyclic amines) is 1. The van der Waals surface area contributed by atoms with E-state index in [2.05, 4.69) is 15.2 Å². The highest BCUT2D eigenvalue weighted by atomic mass is 16.3. The molecule has 0 spiro atoms. The maximum atomic E-state index is 13.3. The van der Waals surface area contributed by atoms with Crippen LogP contribution in [0.25, 0.3) is 22.3 Å². The number of hydrogen-bond donors (Lipinski definition) is 2. The van der Waals surface area contributed by atoms with Crippen molar-refractivity contribution >= 4 is 28.7 Å². The molecule has 2 N–H and O–H groups in total. The van der Waals surface area contributed by atoms with Crippen molar-refractivity contribution in [2.24, 2.45) is 0 Å². The van der Waals surface area contributed by atoms with Crippen molar-refractivity contribution in [1.82, 2.24) is 30.0 Å². The Labute approximate surface area is 178 Å². The summed E-state index contributed by atoms with van der Waals surface area (Å²) in [4.78, 5) is 39.7. The Morgan fingerprint density at radius 2 is 2.06 bits per heavy atom. The lowest BCUT2D eigenvalue weighted by Gasteiger charge is -2.43. The van der Waals surface area contributed by atoms with Gasteiger partial charge in [0.2, 0.25) is 5.91 Å². The second-order valence-corrected chi connectivity index (χ2v) is 7.96. The number of aromatic amines is 1. The summed E-state index contributed by atoms with van der Waals surface area (Å²) in [5.41, 5.74) is 4.77. The average Bonchev–Trinajstić information content (AvgIpc) is 3.34. The van der Waals surface area contributed by atoms with Gasteiger partial charge in [-0.15, -0.1) is 0 Å². The minimum Gasteiger partial charge on any atom is -0.387 e. The first-order valence-corrected chi connectivity index (χ1v) is 10.3. The summed E-state index contributed by atoms with van der Waals surface area (Å²) >= 11 is 0. The van der Waals surface area contributed by atoms with Crippen LogP contribution in [0.15, 0.2) is 30.7 Å². The number of fused-ring (bicyclic) bond motifs is 3. The van der Waals surface area contributed by atoms with E-state index in [1.54, 1.807) is 29.2 Å². The van der Waals surface area contributed by atoms with E-state index in [0.29, 0.717) is 38.0 Å². The van der Waals surface area contributed by atoms with Gasteiger partial charge in [0.25, 0.3) is 0 Å². The minimum atomic E-state index is -0.490. The molecule has 0 aromatic carbocycles. The van der Waals surface area contributed by atoms with Gasteiger partial charge in [-0.1, -0.05) is 0 Å². The van der Waals surface area contributed by atoms with E-state index in [1.165, 1.54) is 0 Å². The van der Waals surface area contributed by atoms with Gasteiger partial charge in [0.1, 0.15) is 12.1 Å². The topological polar surface area (TPSA) is 119 Å². The summed E-state index contributed by atoms with van der Waals surface area (Å²) < 4.78 is 0. The van der Waals surface area contributed by atoms with E-state index in [-0.39, 0.29) is 18.0 Å². The maximum absolute atomic E-state index is 13.3. The zero-order chi connectivity index (χ0) is 21.5. The van der Waals surface area contributed by atoms with Crippen molar-refractivity contribution in [2.75, 3.05) is 31.6 Å². The number of aromatic nitrogens is 4. The van der Waals surface area contributed by atoms with Gasteiger partial charge in [-0.2, -0.15) is 5.10 Å². The van der Waals surface area contributed by atoms with Crippen LogP contribution in [-0.4, -0.2) is 79.8 Å². The number of rotatable bonds is 3. The van der Waals surface area contributed by atoms with Gasteiger partial charge < -0.3 is 14.9 Å². The van der Waals surface area contributed by atoms with Gasteiger partial charge in [0.05, 0.1) is 29.6 Å². The Bertz CT molecular complexity index is 1140. The first-order valence-electron chi connectivity index (χ1n) is 10.3. The van der Waals surface area contributed by atoms with Gasteiger partial charge in [0, 0.05) is 49.7 Å². The standard InChI is InChI=1S/C21H23N7O3/c1-26-11-14-8-22-17-3-2-16(13-9-23-24-10-13)25-19(17)20(14)28(21(26)31)15-4-6-27(7-5-15)18(30)12-29/h2-3,8-10,15,29H,4-7,11-12H2,1H3,(H,23,24). The number of hydrogen-bond acceptors (Lipinski definition) is 6. The first-order chi connectivity index (χ1) is 15.1. The zero-order valence-corrected chi connectivity index (χ0v) is 17.2. The predicted molar refractivity (Wildman–Crippen MR) is 113 cm³/mol. The Morgan fingerprint density at radius 1 is 1.26 bits per heavy atom. The summed E-state index contributed by atoms with van der Waals surface area (Å²) in [5.74, 6) is -0.276. The number of aliphatic hydroxyl groups is 1. The second-order valence-electron chi connectivity index (χ2n) is 7.96. The lowest BCUT2D eigenvalue weighted by atomic mass is 9.99. The molecule has 0 saturated carbocycles. The summed E-state index contributed by atoms with van der Waals surface area (Å²) in [7, 11) is 1.78. The third kappa shape index (κ3) is 3.28. The number of carbonyl (C=O) groups is 2. The molecule has 10 heteroatoms. The molecule has 3 aromatic rings. The van der Waals surface area contributed by atoms with Gasteiger partial charge >= 0.3 is 6.03 Å². The fraction of sp³-hybridized carbons (Fsp3) is 0.381. The highest BCUT2D eigenvalue weighted by Gasteiger charge is 2.37. The van der Waals surface area contributed by atoms with Crippen molar-refractivity contribution in [1.29, 1.82) is 0 Å². The van der Waals surface area contributed by atoms with E-state index in [0.717, 1.165) is 28.0 Å². The van der Waals surface area contributed by atoms with E-state index in [9.17, 15) is 9.59 Å². The molecule has 1 fully saturated rings. The second kappa shape index (κ2) is 7.62. The van der Waals surface area contributed by atoms with Gasteiger partial charge in [-0.25, -0.2) is 9.78 Å². The minimum absolute atomic E-state index is 0.0678. The first kappa shape index (κ1) is 19.4. The molecule has 1 saturated heterocycles. The SMILES string of the molecule is CN1Cc2cnc3ccc(-c4cn[nH]c4)nc3c2N(C2CCN(C(=O)CO)CC2)C1=O. The van der Waals surface area contributed by atoms with E-state index < -0.39 is 6.61 Å². The molecule has 5 rings (SSSR count). The molecular formula is C21H23N7O3. The number of aliphatic hydroxyl groups excluding tert-OH is 1. The maximum Gasteiger partial charge on any atom is 0.324 e. The summed E-state index contributed by atoms with van der Waals surface area (Å²) in [6.07, 6.45) is 6.58. The van der Waals surface area contributed by atoms with E-state index in [1.807, 2.05) is 23.2 Å². The Balaban J connectivity index is 1.58. The van der Waals surface area contributed by atoms with Crippen molar-refractivity contribution in [3.63, 3.8) is 0 Å². The fourth-order valence-corrected chi connectivity index (χ4v) is 4.44. The molecule has 10 nitrogen and oxygen atoms in total. The molecule has 0 bridgehead atoms. The van der Waals surface area contributed by atoms with Gasteiger partial charge in [-0.05, 0) is 25.0 Å². The van der Waals surface area contributed by atoms with Crippen LogP contribution < -0.4 is 4.90 Å². The Morgan fingerprint density at radius 3 is 2.77 bits per heavy atom. The lowest BCUT2D eigenvalue weighted by Crippen LogP contribution is -2.54. The van der Waals surface area contributed by atoms with Crippen LogP contribution in [0.5, 0.6) is 0 Å². The van der Waals surface area contributed by atoms with Gasteiger partial charge in [0.15, 0.2) is 0 Å². The van der Waals surface area contributed by atoms with E-state index in [4.69, 9.17) is 10.1 Å². The van der Waals surface area contributed by atoms with Crippen LogP contribution in [0.1, 0.15) is 18.4 Å². The van der Waals surface area contributed by atoms with Crippen molar-refractivity contribution in [3.05, 3.63) is 36.3 Å². The molecule has 0 unspecified atom stereocenters. The number of amides is 3. The van der Waals surface area contributed by atoms with Crippen molar-refractivity contribution in [3.8, 4) is 11.3 Å². The summed E-state index contributed by atoms with van der Waals surface area (Å²) in [5, 5.41) is 16.0. The summed E-state index contributed by atoms with van der Waals surface area (Å²) in [6.45, 7) is 0.982. The molecule has 160 valence electrons. The van der Waals surface area contributed by atoms with Crippen LogP contribution in [0.2, 0.25) is 0 Å². The Hall–Kier alpha value is -3.53. The fourth-order valence-electron chi connectivity index (χ4n) is 4.44. The third-order valence-electron chi connectivity index (χ3n) is 6.05. The zero-order valence-electron chi connectivity index (χ0n) is 17.2. The normalized spacial score (nSPS) is 17.4. The monoisotopic (exact) mass is 421 g/mol. The third-order valence-corrected chi connectivity index (χ3v) is 6.05. The van der Waals surface area contributed by atoms with Gasteiger partial charge in [-0.3, -0.25) is 19.8 Å². The summed E-state index contributed by atoms with van der Waals surface area (Å²) in [6, 6.07) is 3.66. The number of nitrogens with zero attached hydrogens (tertiary/aromatic N) is 6. The number of urea groups is 1.